The topological polar surface area (TPSA) is 37.0 Å². The molecule has 2 N–H and O–H groups in total. The van der Waals surface area contributed by atoms with Crippen molar-refractivity contribution in [1.29, 1.82) is 0 Å². The number of anilines is 2. The monoisotopic (exact) mass is 319 g/mol. The molecule has 4 heteroatoms. The van der Waals surface area contributed by atoms with E-state index < -0.39 is 0 Å². The van der Waals surface area contributed by atoms with Crippen molar-refractivity contribution in [3.05, 3.63) is 52.8 Å². The first-order valence-electron chi connectivity index (χ1n) is 6.46. The van der Waals surface area contributed by atoms with E-state index in [4.69, 9.17) is 0 Å². The van der Waals surface area contributed by atoms with E-state index in [9.17, 15) is 0 Å². The molecule has 100 valence electrons. The van der Waals surface area contributed by atoms with Crippen molar-refractivity contribution in [2.75, 3.05) is 17.2 Å². The second-order valence-electron chi connectivity index (χ2n) is 4.33. The molecule has 0 unspecified atom stereocenters. The van der Waals surface area contributed by atoms with Crippen molar-refractivity contribution in [3.63, 3.8) is 0 Å². The summed E-state index contributed by atoms with van der Waals surface area (Å²) in [4.78, 5) is 4.24. The molecule has 0 bridgehead atoms. The van der Waals surface area contributed by atoms with Crippen molar-refractivity contribution in [1.82, 2.24) is 4.98 Å². The van der Waals surface area contributed by atoms with Gasteiger partial charge in [-0.2, -0.15) is 0 Å². The number of nitrogens with zero attached hydrogens (tertiary/aromatic N) is 1. The maximum Gasteiger partial charge on any atom is 0.0550 e. The van der Waals surface area contributed by atoms with Gasteiger partial charge in [-0.15, -0.1) is 0 Å². The zero-order valence-electron chi connectivity index (χ0n) is 11.0. The molecule has 2 rings (SSSR count). The molecule has 1 heterocycles. The van der Waals surface area contributed by atoms with Gasteiger partial charge in [-0.3, -0.25) is 4.98 Å². The van der Waals surface area contributed by atoms with Crippen LogP contribution in [0, 0.1) is 0 Å². The van der Waals surface area contributed by atoms with Gasteiger partial charge in [-0.25, -0.2) is 0 Å². The maximum absolute atomic E-state index is 4.24. The highest BCUT2D eigenvalue weighted by molar-refractivity contribution is 9.10. The molecule has 0 saturated carbocycles. The highest BCUT2D eigenvalue weighted by Crippen LogP contribution is 2.18. The van der Waals surface area contributed by atoms with E-state index in [1.807, 2.05) is 24.5 Å². The molecule has 0 fully saturated rings. The third kappa shape index (κ3) is 4.24. The molecular weight excluding hydrogens is 302 g/mol. The largest absolute Gasteiger partial charge is 0.384 e. The lowest BCUT2D eigenvalue weighted by molar-refractivity contribution is 0.977. The Morgan fingerprint density at radius 3 is 2.58 bits per heavy atom. The Morgan fingerprint density at radius 1 is 1.11 bits per heavy atom. The minimum atomic E-state index is 0.778. The summed E-state index contributed by atoms with van der Waals surface area (Å²) in [5, 5.41) is 6.72. The molecule has 0 aliphatic heterocycles. The minimum Gasteiger partial charge on any atom is -0.384 e. The summed E-state index contributed by atoms with van der Waals surface area (Å²) in [6, 6.07) is 10.3. The lowest BCUT2D eigenvalue weighted by Crippen LogP contribution is -2.03. The standard InChI is InChI=1S/C15H18BrN3/c1-2-7-18-13-8-14(11-17-10-13)19-9-12-5-3-4-6-15(12)16/h3-6,8,10-11,18-19H,2,7,9H2,1H3. The number of aromatic nitrogens is 1. The Hall–Kier alpha value is -1.55. The molecule has 0 spiro atoms. The Balaban J connectivity index is 1.98. The van der Waals surface area contributed by atoms with E-state index in [-0.39, 0.29) is 0 Å². The predicted molar refractivity (Wildman–Crippen MR) is 84.5 cm³/mol. The summed E-state index contributed by atoms with van der Waals surface area (Å²) < 4.78 is 1.12. The highest BCUT2D eigenvalue weighted by atomic mass is 79.9. The molecule has 0 aliphatic carbocycles. The van der Waals surface area contributed by atoms with E-state index in [2.05, 4.69) is 56.7 Å². The second kappa shape index (κ2) is 7.14. The van der Waals surface area contributed by atoms with Crippen LogP contribution in [0.4, 0.5) is 11.4 Å². The van der Waals surface area contributed by atoms with Gasteiger partial charge in [0.25, 0.3) is 0 Å². The summed E-state index contributed by atoms with van der Waals surface area (Å²) in [5.41, 5.74) is 3.31. The van der Waals surface area contributed by atoms with Crippen LogP contribution >= 0.6 is 15.9 Å². The predicted octanol–water partition coefficient (Wildman–Crippen LogP) is 4.28. The summed E-state index contributed by atoms with van der Waals surface area (Å²) in [6.45, 7) is 3.89. The molecule has 0 atom stereocenters. The van der Waals surface area contributed by atoms with Gasteiger partial charge in [0.05, 0.1) is 23.8 Å². The first-order valence-corrected chi connectivity index (χ1v) is 7.25. The average molecular weight is 320 g/mol. The molecule has 0 radical (unpaired) electrons. The third-order valence-electron chi connectivity index (χ3n) is 2.76. The quantitative estimate of drug-likeness (QED) is 0.834. The molecule has 1 aromatic carbocycles. The molecule has 0 aliphatic rings. The number of benzene rings is 1. The van der Waals surface area contributed by atoms with Gasteiger partial charge < -0.3 is 10.6 Å². The number of hydrogen-bond donors (Lipinski definition) is 2. The fraction of sp³-hybridized carbons (Fsp3) is 0.267. The summed E-state index contributed by atoms with van der Waals surface area (Å²) >= 11 is 3.55. The Morgan fingerprint density at radius 2 is 1.84 bits per heavy atom. The fourth-order valence-corrected chi connectivity index (χ4v) is 2.17. The van der Waals surface area contributed by atoms with Gasteiger partial charge in [0, 0.05) is 17.6 Å². The Bertz CT molecular complexity index is 528. The first-order chi connectivity index (χ1) is 9.29. The van der Waals surface area contributed by atoms with Gasteiger partial charge in [-0.05, 0) is 24.1 Å². The number of nitrogens with one attached hydrogen (secondary N) is 2. The van der Waals surface area contributed by atoms with E-state index in [0.29, 0.717) is 0 Å². The van der Waals surface area contributed by atoms with Crippen LogP contribution < -0.4 is 10.6 Å². The van der Waals surface area contributed by atoms with Crippen molar-refractivity contribution in [2.24, 2.45) is 0 Å². The van der Waals surface area contributed by atoms with Gasteiger partial charge in [0.1, 0.15) is 0 Å². The molecule has 3 nitrogen and oxygen atoms in total. The first kappa shape index (κ1) is 13.9. The van der Waals surface area contributed by atoms with E-state index >= 15 is 0 Å². The smallest absolute Gasteiger partial charge is 0.0550 e. The number of pyridine rings is 1. The normalized spacial score (nSPS) is 10.2. The van der Waals surface area contributed by atoms with Crippen molar-refractivity contribution < 1.29 is 0 Å². The molecular formula is C15H18BrN3. The zero-order valence-corrected chi connectivity index (χ0v) is 12.6. The maximum atomic E-state index is 4.24. The van der Waals surface area contributed by atoms with Crippen LogP contribution in [-0.2, 0) is 6.54 Å². The van der Waals surface area contributed by atoms with Crippen LogP contribution in [0.25, 0.3) is 0 Å². The van der Waals surface area contributed by atoms with Crippen LogP contribution in [0.1, 0.15) is 18.9 Å². The fourth-order valence-electron chi connectivity index (χ4n) is 1.74. The van der Waals surface area contributed by atoms with Crippen LogP contribution in [-0.4, -0.2) is 11.5 Å². The minimum absolute atomic E-state index is 0.778. The average Bonchev–Trinajstić information content (AvgIpc) is 2.45. The van der Waals surface area contributed by atoms with Crippen molar-refractivity contribution >= 4 is 27.3 Å². The summed E-state index contributed by atoms with van der Waals surface area (Å²) in [6.07, 6.45) is 4.79. The van der Waals surface area contributed by atoms with Crippen molar-refractivity contribution in [3.8, 4) is 0 Å². The number of hydrogen-bond acceptors (Lipinski definition) is 3. The molecule has 1 aromatic heterocycles. The lowest BCUT2D eigenvalue weighted by atomic mass is 10.2. The summed E-state index contributed by atoms with van der Waals surface area (Å²) in [7, 11) is 0. The third-order valence-corrected chi connectivity index (χ3v) is 3.53. The second-order valence-corrected chi connectivity index (χ2v) is 5.19. The van der Waals surface area contributed by atoms with Crippen LogP contribution in [0.3, 0.4) is 0 Å². The molecule has 2 aromatic rings. The van der Waals surface area contributed by atoms with E-state index in [0.717, 1.165) is 35.4 Å². The molecule has 19 heavy (non-hydrogen) atoms. The van der Waals surface area contributed by atoms with Crippen LogP contribution in [0.15, 0.2) is 47.2 Å². The van der Waals surface area contributed by atoms with Crippen molar-refractivity contribution in [2.45, 2.75) is 19.9 Å². The van der Waals surface area contributed by atoms with Gasteiger partial charge >= 0.3 is 0 Å². The van der Waals surface area contributed by atoms with E-state index in [1.165, 1.54) is 5.56 Å². The SMILES string of the molecule is CCCNc1cncc(NCc2ccccc2Br)c1. The summed E-state index contributed by atoms with van der Waals surface area (Å²) in [5.74, 6) is 0. The lowest BCUT2D eigenvalue weighted by Gasteiger charge is -2.10. The van der Waals surface area contributed by atoms with Crippen LogP contribution in [0.2, 0.25) is 0 Å². The Kier molecular flexibility index (Phi) is 5.21. The molecule has 0 amide bonds. The molecule has 0 saturated heterocycles. The highest BCUT2D eigenvalue weighted by Gasteiger charge is 1.99. The van der Waals surface area contributed by atoms with Crippen LogP contribution in [0.5, 0.6) is 0 Å². The van der Waals surface area contributed by atoms with Gasteiger partial charge in [-0.1, -0.05) is 41.1 Å². The van der Waals surface area contributed by atoms with Gasteiger partial charge in [0.2, 0.25) is 0 Å². The Labute approximate surface area is 122 Å². The number of rotatable bonds is 6. The van der Waals surface area contributed by atoms with E-state index in [1.54, 1.807) is 0 Å². The zero-order chi connectivity index (χ0) is 13.5. The number of halogens is 1. The van der Waals surface area contributed by atoms with Gasteiger partial charge in [0.15, 0.2) is 0 Å².